The minimum atomic E-state index is -0.696. The molecule has 0 N–H and O–H groups in total. The largest absolute Gasteiger partial charge is 0.497 e. The van der Waals surface area contributed by atoms with Crippen molar-refractivity contribution in [1.82, 2.24) is 4.90 Å². The van der Waals surface area contributed by atoms with Gasteiger partial charge in [-0.3, -0.25) is 14.6 Å². The highest BCUT2D eigenvalue weighted by Gasteiger charge is 2.57. The average Bonchev–Trinajstić information content (AvgIpc) is 2.83. The number of thioether (sulfide) groups is 1. The molecule has 1 amide bonds. The van der Waals surface area contributed by atoms with E-state index in [1.165, 1.54) is 0 Å². The van der Waals surface area contributed by atoms with E-state index in [-0.39, 0.29) is 29.9 Å². The van der Waals surface area contributed by atoms with Crippen LogP contribution in [-0.2, 0) is 20.9 Å². The molecule has 2 aliphatic rings. The zero-order valence-corrected chi connectivity index (χ0v) is 20.0. The molecule has 0 saturated carbocycles. The lowest BCUT2D eigenvalue weighted by atomic mass is 9.89. The number of rotatable bonds is 7. The monoisotopic (exact) mass is 550 g/mol. The Bertz CT molecular complexity index is 969. The topological polar surface area (TPSA) is 68.2 Å². The molecule has 6 nitrogen and oxygen atoms in total. The minimum absolute atomic E-state index is 0.0158. The zero-order valence-electron chi connectivity index (χ0n) is 17.1. The highest BCUT2D eigenvalue weighted by molar-refractivity contribution is 14.1. The molecule has 2 aliphatic heterocycles. The van der Waals surface area contributed by atoms with Crippen molar-refractivity contribution in [3.05, 3.63) is 65.7 Å². The molecule has 2 saturated heterocycles. The Labute approximate surface area is 199 Å². The molecule has 2 heterocycles. The van der Waals surface area contributed by atoms with Crippen molar-refractivity contribution in [2.75, 3.05) is 23.8 Å². The van der Waals surface area contributed by atoms with Crippen LogP contribution in [0.1, 0.15) is 11.1 Å². The predicted octanol–water partition coefficient (Wildman–Crippen LogP) is 3.56. The summed E-state index contributed by atoms with van der Waals surface area (Å²) in [6.45, 7) is 0.582. The fourth-order valence-electron chi connectivity index (χ4n) is 3.60. The summed E-state index contributed by atoms with van der Waals surface area (Å²) < 4.78 is 11.4. The van der Waals surface area contributed by atoms with Crippen LogP contribution in [0.4, 0.5) is 0 Å². The van der Waals surface area contributed by atoms with Crippen molar-refractivity contribution in [3.63, 3.8) is 0 Å². The normalized spacial score (nSPS) is 25.1. The van der Waals surface area contributed by atoms with Gasteiger partial charge in [0.2, 0.25) is 0 Å². The Morgan fingerprint density at radius 2 is 2.00 bits per heavy atom. The summed E-state index contributed by atoms with van der Waals surface area (Å²) in [5, 5.41) is -0.0158. The van der Waals surface area contributed by atoms with Gasteiger partial charge in [-0.1, -0.05) is 65.1 Å². The molecule has 2 aromatic rings. The summed E-state index contributed by atoms with van der Waals surface area (Å²) >= 11 is 3.83. The van der Waals surface area contributed by atoms with Crippen LogP contribution in [0.15, 0.2) is 59.6 Å². The first kappa shape index (κ1) is 22.1. The van der Waals surface area contributed by atoms with Crippen molar-refractivity contribution in [2.24, 2.45) is 10.4 Å². The molecule has 2 fully saturated rings. The van der Waals surface area contributed by atoms with Gasteiger partial charge in [-0.15, -0.1) is 11.8 Å². The van der Waals surface area contributed by atoms with Crippen LogP contribution in [0.25, 0.3) is 0 Å². The fraction of sp³-hybridized carbons (Fsp3) is 0.348. The molecule has 31 heavy (non-hydrogen) atoms. The Morgan fingerprint density at radius 3 is 2.68 bits per heavy atom. The number of β-lactam (4-membered cyclic amide) rings is 1. The number of alkyl halides is 1. The van der Waals surface area contributed by atoms with E-state index in [0.29, 0.717) is 16.7 Å². The van der Waals surface area contributed by atoms with Gasteiger partial charge < -0.3 is 14.4 Å². The molecule has 2 unspecified atom stereocenters. The third-order valence-corrected chi connectivity index (χ3v) is 8.55. The Morgan fingerprint density at radius 1 is 1.26 bits per heavy atom. The Hall–Kier alpha value is -2.07. The van der Waals surface area contributed by atoms with Crippen molar-refractivity contribution >= 4 is 52.4 Å². The molecule has 4 rings (SSSR count). The highest BCUT2D eigenvalue weighted by Crippen LogP contribution is 2.44. The number of fused-ring (bicyclic) bond motifs is 1. The van der Waals surface area contributed by atoms with Gasteiger partial charge in [0, 0.05) is 22.9 Å². The number of hydrogen-bond donors (Lipinski definition) is 0. The first-order valence-electron chi connectivity index (χ1n) is 9.93. The number of halogens is 1. The summed E-state index contributed by atoms with van der Waals surface area (Å²) in [6, 6.07) is 16.8. The zero-order chi connectivity index (χ0) is 21.8. The first-order valence-corrected chi connectivity index (χ1v) is 12.5. The van der Waals surface area contributed by atoms with Crippen molar-refractivity contribution in [1.29, 1.82) is 0 Å². The third kappa shape index (κ3) is 4.59. The van der Waals surface area contributed by atoms with Gasteiger partial charge in [0.25, 0.3) is 5.91 Å². The van der Waals surface area contributed by atoms with E-state index in [1.807, 2.05) is 54.6 Å². The van der Waals surface area contributed by atoms with E-state index in [4.69, 9.17) is 9.47 Å². The number of methoxy groups -OCH3 is 1. The lowest BCUT2D eigenvalue weighted by Crippen LogP contribution is -2.69. The molecule has 0 bridgehead atoms. The van der Waals surface area contributed by atoms with Crippen LogP contribution < -0.4 is 4.74 Å². The van der Waals surface area contributed by atoms with Gasteiger partial charge in [-0.05, 0) is 23.3 Å². The van der Waals surface area contributed by atoms with Gasteiger partial charge in [0.1, 0.15) is 23.1 Å². The number of carbonyl (C=O) groups is 2. The van der Waals surface area contributed by atoms with Crippen molar-refractivity contribution < 1.29 is 19.1 Å². The van der Waals surface area contributed by atoms with Crippen LogP contribution in [0.3, 0.4) is 0 Å². The number of carbonyl (C=O) groups excluding carboxylic acids is 2. The fourth-order valence-corrected chi connectivity index (χ4v) is 6.31. The average molecular weight is 550 g/mol. The molecule has 2 aromatic carbocycles. The van der Waals surface area contributed by atoms with Crippen LogP contribution in [-0.4, -0.2) is 58.2 Å². The maximum Gasteiger partial charge on any atom is 0.315 e. The standard InChI is InChI=1S/C23H23IN2O4S/c1-29-18-9-7-17(8-10-18)12-30-22(28)23(13-24)14-26-20(27)19(21(26)31-15-23)25-11-16-5-3-2-4-6-16/h2-11,19,21H,12-15H2,1H3/t19?,21-,23?/m1/s1. The van der Waals surface area contributed by atoms with Gasteiger partial charge in [0.15, 0.2) is 6.04 Å². The molecule has 0 spiro atoms. The van der Waals surface area contributed by atoms with E-state index in [2.05, 4.69) is 27.6 Å². The molecule has 0 radical (unpaired) electrons. The first-order chi connectivity index (χ1) is 15.1. The second kappa shape index (κ2) is 9.60. The number of amides is 1. The molecular formula is C23H23IN2O4S. The van der Waals surface area contributed by atoms with Gasteiger partial charge >= 0.3 is 5.97 Å². The summed E-state index contributed by atoms with van der Waals surface area (Å²) in [7, 11) is 1.61. The van der Waals surface area contributed by atoms with Gasteiger partial charge in [-0.25, -0.2) is 0 Å². The van der Waals surface area contributed by atoms with Crippen LogP contribution in [0.5, 0.6) is 5.75 Å². The Kier molecular flexibility index (Phi) is 6.86. The quantitative estimate of drug-likeness (QED) is 0.174. The second-order valence-corrected chi connectivity index (χ2v) is 9.51. The number of benzene rings is 2. The molecule has 8 heteroatoms. The van der Waals surface area contributed by atoms with Gasteiger partial charge in [-0.2, -0.15) is 0 Å². The lowest BCUT2D eigenvalue weighted by molar-refractivity contribution is -0.160. The van der Waals surface area contributed by atoms with Crippen LogP contribution in [0.2, 0.25) is 0 Å². The van der Waals surface area contributed by atoms with Crippen molar-refractivity contribution in [3.8, 4) is 5.75 Å². The third-order valence-electron chi connectivity index (χ3n) is 5.52. The van der Waals surface area contributed by atoms with E-state index < -0.39 is 5.41 Å². The molecular weight excluding hydrogens is 527 g/mol. The van der Waals surface area contributed by atoms with Crippen LogP contribution in [0, 0.1) is 5.41 Å². The highest BCUT2D eigenvalue weighted by atomic mass is 127. The molecule has 0 aliphatic carbocycles. The van der Waals surface area contributed by atoms with Gasteiger partial charge in [0.05, 0.1) is 7.11 Å². The molecule has 0 aromatic heterocycles. The SMILES string of the molecule is COc1ccc(COC(=O)C2(CI)CS[C@@H]3C(N=Cc4ccccc4)C(=O)N3C2)cc1. The van der Waals surface area contributed by atoms with E-state index in [9.17, 15) is 9.59 Å². The summed E-state index contributed by atoms with van der Waals surface area (Å²) in [5.74, 6) is 1.09. The van der Waals surface area contributed by atoms with Crippen LogP contribution >= 0.6 is 34.4 Å². The van der Waals surface area contributed by atoms with Crippen molar-refractivity contribution in [2.45, 2.75) is 18.0 Å². The minimum Gasteiger partial charge on any atom is -0.497 e. The maximum absolute atomic E-state index is 13.0. The van der Waals surface area contributed by atoms with E-state index >= 15 is 0 Å². The number of ether oxygens (including phenoxy) is 2. The predicted molar refractivity (Wildman–Crippen MR) is 130 cm³/mol. The van der Waals surface area contributed by atoms with E-state index in [1.54, 1.807) is 30.0 Å². The number of esters is 1. The summed E-state index contributed by atoms with van der Waals surface area (Å²) in [6.07, 6.45) is 1.75. The van der Waals surface area contributed by atoms with E-state index in [0.717, 1.165) is 16.9 Å². The molecule has 162 valence electrons. The number of nitrogens with zero attached hydrogens (tertiary/aromatic N) is 2. The number of aliphatic imine (C=N–C) groups is 1. The molecule has 3 atom stereocenters. The second-order valence-electron chi connectivity index (χ2n) is 7.64. The Balaban J connectivity index is 1.37. The summed E-state index contributed by atoms with van der Waals surface area (Å²) in [5.41, 5.74) is 1.17. The maximum atomic E-state index is 13.0. The lowest BCUT2D eigenvalue weighted by Gasteiger charge is -2.52. The number of hydrogen-bond acceptors (Lipinski definition) is 6. The smallest absolute Gasteiger partial charge is 0.315 e. The summed E-state index contributed by atoms with van der Waals surface area (Å²) in [4.78, 5) is 32.0.